The van der Waals surface area contributed by atoms with Crippen molar-refractivity contribution >= 4 is 23.1 Å². The molecule has 0 atom stereocenters. The molecule has 0 fully saturated rings. The lowest BCUT2D eigenvalue weighted by Crippen LogP contribution is -2.21. The summed E-state index contributed by atoms with van der Waals surface area (Å²) in [5, 5.41) is 0. The quantitative estimate of drug-likeness (QED) is 0.491. The van der Waals surface area contributed by atoms with Gasteiger partial charge in [0.2, 0.25) is 5.91 Å². The molecule has 0 radical (unpaired) electrons. The minimum atomic E-state index is -0.537. The Morgan fingerprint density at radius 3 is 3.04 bits per heavy atom. The van der Waals surface area contributed by atoms with Gasteiger partial charge in [0.15, 0.2) is 5.65 Å². The zero-order chi connectivity index (χ0) is 18.5. The maximum Gasteiger partial charge on any atom is 0.250 e. The average molecular weight is 353 g/mol. The van der Waals surface area contributed by atoms with Crippen molar-refractivity contribution in [2.75, 3.05) is 13.2 Å². The van der Waals surface area contributed by atoms with E-state index < -0.39 is 5.91 Å². The van der Waals surface area contributed by atoms with Gasteiger partial charge < -0.3 is 20.0 Å². The van der Waals surface area contributed by atoms with Gasteiger partial charge >= 0.3 is 0 Å². The van der Waals surface area contributed by atoms with Gasteiger partial charge in [-0.05, 0) is 19.1 Å². The van der Waals surface area contributed by atoms with Crippen molar-refractivity contribution in [3.63, 3.8) is 0 Å². The van der Waals surface area contributed by atoms with E-state index in [2.05, 4.69) is 15.0 Å². The first-order valence-electron chi connectivity index (χ1n) is 8.18. The molecule has 0 unspecified atom stereocenters. The Balaban J connectivity index is 1.97. The summed E-state index contributed by atoms with van der Waals surface area (Å²) in [5.74, 6) is -0.537. The molecule has 3 N–H and O–H groups in total. The van der Waals surface area contributed by atoms with Gasteiger partial charge in [0.25, 0.3) is 5.56 Å². The minimum absolute atomic E-state index is 0.103. The number of pyridine rings is 1. The molecule has 26 heavy (non-hydrogen) atoms. The van der Waals surface area contributed by atoms with Crippen LogP contribution in [0.5, 0.6) is 0 Å². The molecule has 0 saturated carbocycles. The molecule has 0 spiro atoms. The third-order valence-corrected chi connectivity index (χ3v) is 3.80. The fourth-order valence-electron chi connectivity index (χ4n) is 2.51. The summed E-state index contributed by atoms with van der Waals surface area (Å²) < 4.78 is 6.90. The average Bonchev–Trinajstić information content (AvgIpc) is 3.04. The van der Waals surface area contributed by atoms with E-state index in [1.807, 2.05) is 6.92 Å². The van der Waals surface area contributed by atoms with Crippen molar-refractivity contribution in [1.29, 1.82) is 0 Å². The summed E-state index contributed by atoms with van der Waals surface area (Å²) in [4.78, 5) is 34.9. The molecule has 8 heteroatoms. The summed E-state index contributed by atoms with van der Waals surface area (Å²) >= 11 is 0. The number of carbonyl (C=O) groups is 1. The molecule has 3 aromatic rings. The second kappa shape index (κ2) is 7.75. The van der Waals surface area contributed by atoms with Crippen LogP contribution in [0.25, 0.3) is 28.5 Å². The van der Waals surface area contributed by atoms with E-state index in [0.717, 1.165) is 5.56 Å². The molecule has 0 saturated heterocycles. The van der Waals surface area contributed by atoms with Crippen molar-refractivity contribution in [2.24, 2.45) is 5.73 Å². The number of aromatic nitrogens is 4. The summed E-state index contributed by atoms with van der Waals surface area (Å²) in [5.41, 5.74) is 8.35. The highest BCUT2D eigenvalue weighted by Crippen LogP contribution is 2.21. The smallest absolute Gasteiger partial charge is 0.250 e. The van der Waals surface area contributed by atoms with E-state index in [1.54, 1.807) is 35.3 Å². The van der Waals surface area contributed by atoms with Crippen LogP contribution in [0.1, 0.15) is 12.5 Å². The molecule has 3 aromatic heterocycles. The minimum Gasteiger partial charge on any atom is -0.380 e. The lowest BCUT2D eigenvalue weighted by atomic mass is 10.2. The zero-order valence-corrected chi connectivity index (χ0v) is 14.3. The second-order valence-corrected chi connectivity index (χ2v) is 5.58. The Hall–Kier alpha value is -3.26. The van der Waals surface area contributed by atoms with Crippen LogP contribution < -0.4 is 11.3 Å². The first kappa shape index (κ1) is 17.6. The molecular weight excluding hydrogens is 334 g/mol. The van der Waals surface area contributed by atoms with E-state index in [-0.39, 0.29) is 5.56 Å². The largest absolute Gasteiger partial charge is 0.380 e. The van der Waals surface area contributed by atoms with Crippen LogP contribution in [0, 0.1) is 0 Å². The third kappa shape index (κ3) is 3.86. The van der Waals surface area contributed by atoms with Gasteiger partial charge in [-0.1, -0.05) is 0 Å². The SMILES string of the molecule is CCOCCn1cc(-c2cnc3[nH]cc(C=CC(N)=O)c3n2)ccc1=O. The molecule has 3 heterocycles. The normalized spacial score (nSPS) is 11.4. The van der Waals surface area contributed by atoms with Crippen molar-refractivity contribution in [1.82, 2.24) is 19.5 Å². The molecule has 1 amide bonds. The van der Waals surface area contributed by atoms with Crippen molar-refractivity contribution < 1.29 is 9.53 Å². The van der Waals surface area contributed by atoms with Crippen LogP contribution in [0.15, 0.2) is 41.6 Å². The Morgan fingerprint density at radius 1 is 1.42 bits per heavy atom. The fourth-order valence-corrected chi connectivity index (χ4v) is 2.51. The van der Waals surface area contributed by atoms with Crippen LogP contribution in [-0.2, 0) is 16.1 Å². The van der Waals surface area contributed by atoms with Gasteiger partial charge in [0.1, 0.15) is 5.52 Å². The number of fused-ring (bicyclic) bond motifs is 1. The van der Waals surface area contributed by atoms with E-state index in [0.29, 0.717) is 42.2 Å². The maximum absolute atomic E-state index is 12.0. The highest BCUT2D eigenvalue weighted by molar-refractivity contribution is 5.93. The first-order chi connectivity index (χ1) is 12.6. The summed E-state index contributed by atoms with van der Waals surface area (Å²) in [6.45, 7) is 3.44. The van der Waals surface area contributed by atoms with Gasteiger partial charge in [-0.25, -0.2) is 9.97 Å². The van der Waals surface area contributed by atoms with E-state index >= 15 is 0 Å². The zero-order valence-electron chi connectivity index (χ0n) is 14.3. The van der Waals surface area contributed by atoms with Crippen LogP contribution in [-0.4, -0.2) is 38.6 Å². The van der Waals surface area contributed by atoms with E-state index in [9.17, 15) is 9.59 Å². The lowest BCUT2D eigenvalue weighted by molar-refractivity contribution is -0.113. The van der Waals surface area contributed by atoms with Crippen molar-refractivity contribution in [3.8, 4) is 11.3 Å². The number of carbonyl (C=O) groups excluding carboxylic acids is 1. The second-order valence-electron chi connectivity index (χ2n) is 5.58. The number of hydrogen-bond acceptors (Lipinski definition) is 5. The molecule has 0 aliphatic rings. The number of H-pyrrole nitrogens is 1. The molecule has 3 rings (SSSR count). The fraction of sp³-hybridized carbons (Fsp3) is 0.222. The molecular formula is C18H19N5O3. The van der Waals surface area contributed by atoms with E-state index in [4.69, 9.17) is 10.5 Å². The number of nitrogens with two attached hydrogens (primary N) is 1. The number of nitrogens with one attached hydrogen (secondary N) is 1. The monoisotopic (exact) mass is 353 g/mol. The number of primary amides is 1. The number of rotatable bonds is 7. The highest BCUT2D eigenvalue weighted by Gasteiger charge is 2.09. The molecule has 0 aliphatic carbocycles. The molecule has 0 aliphatic heterocycles. The highest BCUT2D eigenvalue weighted by atomic mass is 16.5. The predicted molar refractivity (Wildman–Crippen MR) is 98.3 cm³/mol. The Labute approximate surface area is 149 Å². The van der Waals surface area contributed by atoms with Crippen LogP contribution >= 0.6 is 0 Å². The first-order valence-corrected chi connectivity index (χ1v) is 8.18. The summed E-state index contributed by atoms with van der Waals surface area (Å²) in [6.07, 6.45) is 7.93. The Bertz CT molecular complexity index is 1020. The Kier molecular flexibility index (Phi) is 5.23. The number of ether oxygens (including phenoxy) is 1. The van der Waals surface area contributed by atoms with E-state index in [1.165, 1.54) is 12.1 Å². The molecule has 0 aromatic carbocycles. The molecule has 134 valence electrons. The van der Waals surface area contributed by atoms with Gasteiger partial charge in [0, 0.05) is 48.8 Å². The van der Waals surface area contributed by atoms with Gasteiger partial charge in [0.05, 0.1) is 18.5 Å². The molecule has 0 bridgehead atoms. The van der Waals surface area contributed by atoms with Crippen molar-refractivity contribution in [2.45, 2.75) is 13.5 Å². The van der Waals surface area contributed by atoms with Gasteiger partial charge in [-0.3, -0.25) is 9.59 Å². The maximum atomic E-state index is 12.0. The summed E-state index contributed by atoms with van der Waals surface area (Å²) in [7, 11) is 0. The van der Waals surface area contributed by atoms with Crippen LogP contribution in [0.3, 0.4) is 0 Å². The topological polar surface area (TPSA) is 116 Å². The summed E-state index contributed by atoms with van der Waals surface area (Å²) in [6, 6.07) is 3.21. The Morgan fingerprint density at radius 2 is 2.27 bits per heavy atom. The molecule has 8 nitrogen and oxygen atoms in total. The lowest BCUT2D eigenvalue weighted by Gasteiger charge is -2.08. The van der Waals surface area contributed by atoms with Crippen molar-refractivity contribution in [3.05, 3.63) is 52.7 Å². The van der Waals surface area contributed by atoms with Gasteiger partial charge in [-0.15, -0.1) is 0 Å². The number of nitrogens with zero attached hydrogens (tertiary/aromatic N) is 3. The number of aromatic amines is 1. The predicted octanol–water partition coefficient (Wildman–Crippen LogP) is 1.32. The van der Waals surface area contributed by atoms with Crippen LogP contribution in [0.2, 0.25) is 0 Å². The number of amides is 1. The number of hydrogen-bond donors (Lipinski definition) is 2. The van der Waals surface area contributed by atoms with Gasteiger partial charge in [-0.2, -0.15) is 0 Å². The standard InChI is InChI=1S/C18H19N5O3/c1-2-26-8-7-23-11-13(4-6-16(23)25)14-10-21-18-17(22-14)12(9-20-18)3-5-15(19)24/h3-6,9-11H,2,7-8H2,1H3,(H2,19,24)(H,20,21). The van der Waals surface area contributed by atoms with Crippen LogP contribution in [0.4, 0.5) is 0 Å². The third-order valence-electron chi connectivity index (χ3n) is 3.80.